The first-order chi connectivity index (χ1) is 11.8. The average molecular weight is 329 g/mol. The summed E-state index contributed by atoms with van der Waals surface area (Å²) in [5.41, 5.74) is 0.824. The third-order valence-electron chi connectivity index (χ3n) is 4.45. The van der Waals surface area contributed by atoms with Gasteiger partial charge in [0, 0.05) is 11.5 Å². The molecule has 6 nitrogen and oxygen atoms in total. The number of carbonyl (C=O) groups is 1. The van der Waals surface area contributed by atoms with Crippen molar-refractivity contribution in [3.05, 3.63) is 30.1 Å². The van der Waals surface area contributed by atoms with E-state index in [1.54, 1.807) is 7.11 Å². The second kappa shape index (κ2) is 7.95. The summed E-state index contributed by atoms with van der Waals surface area (Å²) in [5, 5.41) is 6.87. The summed E-state index contributed by atoms with van der Waals surface area (Å²) >= 11 is 0. The number of nitrogens with one attached hydrogen (secondary N) is 1. The molecule has 3 rings (SSSR count). The van der Waals surface area contributed by atoms with Gasteiger partial charge in [-0.3, -0.25) is 4.79 Å². The topological polar surface area (TPSA) is 77.2 Å². The number of hydrogen-bond acceptors (Lipinski definition) is 5. The van der Waals surface area contributed by atoms with Gasteiger partial charge in [0.05, 0.1) is 13.7 Å². The summed E-state index contributed by atoms with van der Waals surface area (Å²) in [6, 6.07) is 7.40. The van der Waals surface area contributed by atoms with Crippen LogP contribution in [-0.4, -0.2) is 23.2 Å². The predicted molar refractivity (Wildman–Crippen MR) is 89.3 cm³/mol. The molecule has 128 valence electrons. The zero-order valence-electron chi connectivity index (χ0n) is 14.0. The Balaban J connectivity index is 1.56. The highest BCUT2D eigenvalue weighted by atomic mass is 16.5. The molecule has 6 heteroatoms. The van der Waals surface area contributed by atoms with E-state index in [-0.39, 0.29) is 11.8 Å². The van der Waals surface area contributed by atoms with Gasteiger partial charge < -0.3 is 14.6 Å². The quantitative estimate of drug-likeness (QED) is 0.851. The second-order valence-corrected chi connectivity index (χ2v) is 6.15. The molecule has 1 fully saturated rings. The lowest BCUT2D eigenvalue weighted by Gasteiger charge is -2.12. The number of nitrogens with zero attached hydrogens (tertiary/aromatic N) is 2. The second-order valence-electron chi connectivity index (χ2n) is 6.15. The maximum absolute atomic E-state index is 12.3. The molecule has 1 aliphatic rings. The average Bonchev–Trinajstić information content (AvgIpc) is 2.92. The van der Waals surface area contributed by atoms with Gasteiger partial charge in [0.25, 0.3) is 5.89 Å². The van der Waals surface area contributed by atoms with E-state index < -0.39 is 0 Å². The van der Waals surface area contributed by atoms with Crippen molar-refractivity contribution in [1.82, 2.24) is 15.5 Å². The van der Waals surface area contributed by atoms with Gasteiger partial charge in [-0.1, -0.05) is 30.8 Å². The number of methoxy groups -OCH3 is 1. The molecule has 1 heterocycles. The highest BCUT2D eigenvalue weighted by Gasteiger charge is 2.20. The molecule has 0 atom stereocenters. The van der Waals surface area contributed by atoms with Gasteiger partial charge >= 0.3 is 0 Å². The SMILES string of the molecule is COc1ccc(-c2nc(CNC(=O)C3CCCCCC3)no2)cc1. The Labute approximate surface area is 141 Å². The Morgan fingerprint density at radius 3 is 2.58 bits per heavy atom. The normalized spacial score (nSPS) is 15.7. The van der Waals surface area contributed by atoms with Crippen LogP contribution in [0.1, 0.15) is 44.3 Å². The van der Waals surface area contributed by atoms with Gasteiger partial charge in [-0.15, -0.1) is 0 Å². The Hall–Kier alpha value is -2.37. The molecule has 2 aromatic rings. The van der Waals surface area contributed by atoms with Crippen molar-refractivity contribution in [2.45, 2.75) is 45.1 Å². The van der Waals surface area contributed by atoms with E-state index in [1.165, 1.54) is 12.8 Å². The summed E-state index contributed by atoms with van der Waals surface area (Å²) in [6.45, 7) is 0.301. The van der Waals surface area contributed by atoms with Crippen LogP contribution in [0.2, 0.25) is 0 Å². The Morgan fingerprint density at radius 2 is 1.92 bits per heavy atom. The molecular formula is C18H23N3O3. The minimum Gasteiger partial charge on any atom is -0.497 e. The highest BCUT2D eigenvalue weighted by Crippen LogP contribution is 2.23. The van der Waals surface area contributed by atoms with Crippen molar-refractivity contribution in [2.75, 3.05) is 7.11 Å². The number of carbonyl (C=O) groups excluding carboxylic acids is 1. The maximum atomic E-state index is 12.3. The lowest BCUT2D eigenvalue weighted by molar-refractivity contribution is -0.125. The fraction of sp³-hybridized carbons (Fsp3) is 0.500. The predicted octanol–water partition coefficient (Wildman–Crippen LogP) is 3.33. The van der Waals surface area contributed by atoms with E-state index in [2.05, 4.69) is 15.5 Å². The molecule has 0 unspecified atom stereocenters. The van der Waals surface area contributed by atoms with Crippen LogP contribution in [0, 0.1) is 5.92 Å². The first kappa shape index (κ1) is 16.5. The first-order valence-electron chi connectivity index (χ1n) is 8.51. The van der Waals surface area contributed by atoms with Crippen LogP contribution in [0.25, 0.3) is 11.5 Å². The molecular weight excluding hydrogens is 306 g/mol. The molecule has 0 bridgehead atoms. The van der Waals surface area contributed by atoms with E-state index in [0.29, 0.717) is 18.3 Å². The number of amides is 1. The molecule has 0 aliphatic heterocycles. The van der Waals surface area contributed by atoms with E-state index in [9.17, 15) is 4.79 Å². The van der Waals surface area contributed by atoms with Gasteiger partial charge in [-0.25, -0.2) is 0 Å². The van der Waals surface area contributed by atoms with Gasteiger partial charge in [-0.2, -0.15) is 4.98 Å². The van der Waals surface area contributed by atoms with Gasteiger partial charge in [0.2, 0.25) is 5.91 Å². The molecule has 0 radical (unpaired) electrons. The van der Waals surface area contributed by atoms with Crippen molar-refractivity contribution in [3.8, 4) is 17.2 Å². The van der Waals surface area contributed by atoms with Crippen molar-refractivity contribution in [3.63, 3.8) is 0 Å². The van der Waals surface area contributed by atoms with Crippen LogP contribution in [0.15, 0.2) is 28.8 Å². The lowest BCUT2D eigenvalue weighted by atomic mass is 9.99. The first-order valence-corrected chi connectivity index (χ1v) is 8.51. The van der Waals surface area contributed by atoms with Crippen LogP contribution in [0.3, 0.4) is 0 Å². The standard InChI is InChI=1S/C18H23N3O3/c1-23-15-10-8-14(9-11-15)18-20-16(21-24-18)12-19-17(22)13-6-4-2-3-5-7-13/h8-11,13H,2-7,12H2,1H3,(H,19,22). The summed E-state index contributed by atoms with van der Waals surface area (Å²) in [6.07, 6.45) is 6.72. The smallest absolute Gasteiger partial charge is 0.257 e. The Bertz CT molecular complexity index is 658. The Kier molecular flexibility index (Phi) is 5.46. The number of aromatic nitrogens is 2. The molecule has 1 amide bonds. The monoisotopic (exact) mass is 329 g/mol. The van der Waals surface area contributed by atoms with Gasteiger partial charge in [0.1, 0.15) is 5.75 Å². The summed E-state index contributed by atoms with van der Waals surface area (Å²) in [5.74, 6) is 1.93. The minimum atomic E-state index is 0.104. The van der Waals surface area contributed by atoms with Crippen molar-refractivity contribution < 1.29 is 14.1 Å². The van der Waals surface area contributed by atoms with Gasteiger partial charge in [-0.05, 0) is 37.1 Å². The van der Waals surface area contributed by atoms with Crippen molar-refractivity contribution in [2.24, 2.45) is 5.92 Å². The third kappa shape index (κ3) is 4.13. The highest BCUT2D eigenvalue weighted by molar-refractivity contribution is 5.78. The number of hydrogen-bond donors (Lipinski definition) is 1. The zero-order chi connectivity index (χ0) is 16.8. The van der Waals surface area contributed by atoms with E-state index in [1.807, 2.05) is 24.3 Å². The molecule has 1 N–H and O–H groups in total. The fourth-order valence-corrected chi connectivity index (χ4v) is 3.03. The minimum absolute atomic E-state index is 0.104. The zero-order valence-corrected chi connectivity index (χ0v) is 14.0. The van der Waals surface area contributed by atoms with E-state index in [0.717, 1.165) is 37.0 Å². The van der Waals surface area contributed by atoms with Crippen molar-refractivity contribution >= 4 is 5.91 Å². The molecule has 1 aromatic carbocycles. The van der Waals surface area contributed by atoms with E-state index >= 15 is 0 Å². The molecule has 1 aromatic heterocycles. The van der Waals surface area contributed by atoms with Crippen LogP contribution in [-0.2, 0) is 11.3 Å². The number of ether oxygens (including phenoxy) is 1. The van der Waals surface area contributed by atoms with Crippen molar-refractivity contribution in [1.29, 1.82) is 0 Å². The van der Waals surface area contributed by atoms with Crippen LogP contribution in [0.5, 0.6) is 5.75 Å². The largest absolute Gasteiger partial charge is 0.497 e. The van der Waals surface area contributed by atoms with Crippen LogP contribution < -0.4 is 10.1 Å². The van der Waals surface area contributed by atoms with Crippen LogP contribution >= 0.6 is 0 Å². The molecule has 0 spiro atoms. The Morgan fingerprint density at radius 1 is 1.21 bits per heavy atom. The maximum Gasteiger partial charge on any atom is 0.257 e. The van der Waals surface area contributed by atoms with Gasteiger partial charge in [0.15, 0.2) is 5.82 Å². The number of benzene rings is 1. The summed E-state index contributed by atoms with van der Waals surface area (Å²) in [4.78, 5) is 16.6. The third-order valence-corrected chi connectivity index (χ3v) is 4.45. The molecule has 1 saturated carbocycles. The fourth-order valence-electron chi connectivity index (χ4n) is 3.03. The number of rotatable bonds is 5. The molecule has 24 heavy (non-hydrogen) atoms. The summed E-state index contributed by atoms with van der Waals surface area (Å²) in [7, 11) is 1.62. The summed E-state index contributed by atoms with van der Waals surface area (Å²) < 4.78 is 10.4. The van der Waals surface area contributed by atoms with E-state index in [4.69, 9.17) is 9.26 Å². The lowest BCUT2D eigenvalue weighted by Crippen LogP contribution is -2.30. The van der Waals surface area contributed by atoms with Crippen LogP contribution in [0.4, 0.5) is 0 Å². The molecule has 1 aliphatic carbocycles. The molecule has 0 saturated heterocycles.